The molecule has 5 aromatic carbocycles. The fourth-order valence-corrected chi connectivity index (χ4v) is 7.85. The zero-order chi connectivity index (χ0) is 34.4. The molecule has 0 unspecified atom stereocenters. The van der Waals surface area contributed by atoms with E-state index in [1.54, 1.807) is 21.9 Å². The molecule has 0 radical (unpaired) electrons. The van der Waals surface area contributed by atoms with E-state index < -0.39 is 33.6 Å². The van der Waals surface area contributed by atoms with Crippen LogP contribution in [-0.4, -0.2) is 22.9 Å². The summed E-state index contributed by atoms with van der Waals surface area (Å²) < 4.78 is 32.3. The third-order valence-corrected chi connectivity index (χ3v) is 10.5. The van der Waals surface area contributed by atoms with Gasteiger partial charge in [0.1, 0.15) is 15.7 Å². The number of nitrogens with zero attached hydrogens (tertiary/aromatic N) is 4. The highest BCUT2D eigenvalue weighted by Crippen LogP contribution is 2.49. The Morgan fingerprint density at radius 2 is 1.14 bits per heavy atom. The summed E-state index contributed by atoms with van der Waals surface area (Å²) in [6, 6.07) is 25.0. The van der Waals surface area contributed by atoms with Gasteiger partial charge in [0.05, 0.1) is 21.9 Å². The molecule has 2 aliphatic rings. The molecule has 2 saturated heterocycles. The van der Waals surface area contributed by atoms with E-state index in [0.717, 1.165) is 18.2 Å². The number of hydrogen-bond donors (Lipinski definition) is 0. The van der Waals surface area contributed by atoms with Gasteiger partial charge in [-0.05, 0) is 83.3 Å². The Balaban J connectivity index is 1.21. The molecule has 2 heterocycles. The second-order valence-corrected chi connectivity index (χ2v) is 13.4. The molecule has 49 heavy (non-hydrogen) atoms. The summed E-state index contributed by atoms with van der Waals surface area (Å²) in [6.07, 6.45) is 2.38. The summed E-state index contributed by atoms with van der Waals surface area (Å²) in [5.41, 5.74) is 1.81. The van der Waals surface area contributed by atoms with Crippen LogP contribution in [0.4, 0.5) is 31.5 Å². The van der Waals surface area contributed by atoms with E-state index in [9.17, 15) is 20.2 Å². The number of rotatable bonds is 7. The number of benzene rings is 5. The lowest BCUT2D eigenvalue weighted by molar-refractivity contribution is -0.384. The summed E-state index contributed by atoms with van der Waals surface area (Å²) in [7, 11) is 0. The van der Waals surface area contributed by atoms with Gasteiger partial charge in [0.15, 0.2) is 11.6 Å². The van der Waals surface area contributed by atoms with Gasteiger partial charge in [0.2, 0.25) is 0 Å². The minimum atomic E-state index is -0.729. The van der Waals surface area contributed by atoms with Crippen LogP contribution in [-0.2, 0) is 0 Å². The van der Waals surface area contributed by atoms with Crippen LogP contribution in [0.3, 0.4) is 0 Å². The molecule has 0 spiro atoms. The fraction of sp³-hybridized carbons (Fsp3) is 0.243. The van der Waals surface area contributed by atoms with Gasteiger partial charge in [-0.25, -0.2) is 8.78 Å². The van der Waals surface area contributed by atoms with Gasteiger partial charge in [-0.15, -0.1) is 0 Å². The molecule has 5 aromatic rings. The molecule has 0 saturated carbocycles. The third kappa shape index (κ3) is 6.26. The molecule has 0 bridgehead atoms. The highest BCUT2D eigenvalue weighted by atomic mass is 35.5. The Morgan fingerprint density at radius 1 is 0.633 bits per heavy atom. The number of halogens is 4. The van der Waals surface area contributed by atoms with E-state index in [4.69, 9.17) is 23.2 Å². The molecule has 12 heteroatoms. The van der Waals surface area contributed by atoms with Gasteiger partial charge in [-0.2, -0.15) is 0 Å². The normalized spacial score (nSPS) is 18.3. The Hall–Kier alpha value is -4.80. The van der Waals surface area contributed by atoms with Gasteiger partial charge in [-0.1, -0.05) is 77.8 Å². The average molecular weight is 704 g/mol. The highest BCUT2D eigenvalue weighted by molar-refractivity contribution is 6.33. The first kappa shape index (κ1) is 32.7. The van der Waals surface area contributed by atoms with Gasteiger partial charge in [-0.3, -0.25) is 20.2 Å². The van der Waals surface area contributed by atoms with Crippen molar-refractivity contribution in [1.29, 1.82) is 0 Å². The number of piperidine rings is 1. The van der Waals surface area contributed by atoms with Crippen LogP contribution >= 0.6 is 23.2 Å². The lowest BCUT2D eigenvalue weighted by Gasteiger charge is -2.36. The standard InChI is InChI=1S/C37H30Cl2F2N4O4/c38-29-9-7-26(18-35(29)44(46)47)33-11-12-34(27-8-10-30(39)36(19-27)45(48)49)43(33)28-20-31(40)37(32(41)21-28)42-15-13-23(14-16-42)25-6-5-22-3-1-2-4-24(22)17-25/h1-10,17-21,23,33-34H,11-16H2/t33-,34-/m1/s1. The minimum Gasteiger partial charge on any atom is -0.367 e. The Bertz CT molecular complexity index is 2010. The second kappa shape index (κ2) is 13.2. The Kier molecular flexibility index (Phi) is 8.85. The molecule has 2 aliphatic heterocycles. The molecule has 0 amide bonds. The summed E-state index contributed by atoms with van der Waals surface area (Å²) in [5.74, 6) is -1.19. The van der Waals surface area contributed by atoms with Crippen molar-refractivity contribution in [3.63, 3.8) is 0 Å². The maximum Gasteiger partial charge on any atom is 0.288 e. The molecule has 2 fully saturated rings. The maximum atomic E-state index is 16.1. The smallest absolute Gasteiger partial charge is 0.288 e. The molecule has 2 atom stereocenters. The van der Waals surface area contributed by atoms with Crippen molar-refractivity contribution in [2.75, 3.05) is 22.9 Å². The molecule has 250 valence electrons. The summed E-state index contributed by atoms with van der Waals surface area (Å²) in [6.45, 7) is 0.949. The molecular formula is C37H30Cl2F2N4O4. The van der Waals surface area contributed by atoms with Crippen molar-refractivity contribution in [2.45, 2.75) is 43.7 Å². The maximum absolute atomic E-state index is 16.1. The van der Waals surface area contributed by atoms with Crippen LogP contribution in [0.5, 0.6) is 0 Å². The molecule has 8 nitrogen and oxygen atoms in total. The monoisotopic (exact) mass is 702 g/mol. The highest BCUT2D eigenvalue weighted by Gasteiger charge is 2.38. The van der Waals surface area contributed by atoms with Crippen molar-refractivity contribution < 1.29 is 18.6 Å². The molecule has 0 aliphatic carbocycles. The van der Waals surface area contributed by atoms with Crippen molar-refractivity contribution >= 4 is 56.7 Å². The van der Waals surface area contributed by atoms with Crippen molar-refractivity contribution in [2.24, 2.45) is 0 Å². The van der Waals surface area contributed by atoms with Crippen LogP contribution in [0.2, 0.25) is 10.0 Å². The lowest BCUT2D eigenvalue weighted by Crippen LogP contribution is -2.34. The number of fused-ring (bicyclic) bond motifs is 1. The molecular weight excluding hydrogens is 673 g/mol. The minimum absolute atomic E-state index is 0.0333. The topological polar surface area (TPSA) is 92.8 Å². The Morgan fingerprint density at radius 3 is 1.67 bits per heavy atom. The SMILES string of the molecule is O=[N+]([O-])c1cc([C@H]2CC[C@H](c3ccc(Cl)c([N+](=O)[O-])c3)N2c2cc(F)c(N3CCC(c4ccc5ccccc5c4)CC3)c(F)c2)ccc1Cl. The number of nitro groups is 2. The molecule has 7 rings (SSSR count). The van der Waals surface area contributed by atoms with E-state index in [2.05, 4.69) is 30.3 Å². The largest absolute Gasteiger partial charge is 0.367 e. The van der Waals surface area contributed by atoms with E-state index in [0.29, 0.717) is 37.1 Å². The van der Waals surface area contributed by atoms with E-state index in [-0.39, 0.29) is 38.7 Å². The van der Waals surface area contributed by atoms with Crippen LogP contribution in [0.25, 0.3) is 10.8 Å². The van der Waals surface area contributed by atoms with Crippen LogP contribution in [0, 0.1) is 31.9 Å². The lowest BCUT2D eigenvalue weighted by atomic mass is 9.88. The van der Waals surface area contributed by atoms with Gasteiger partial charge < -0.3 is 9.80 Å². The predicted octanol–water partition coefficient (Wildman–Crippen LogP) is 10.7. The van der Waals surface area contributed by atoms with Gasteiger partial charge >= 0.3 is 0 Å². The quantitative estimate of drug-likeness (QED) is 0.124. The Labute approximate surface area is 290 Å². The fourth-order valence-electron chi connectivity index (χ4n) is 7.48. The first-order valence-corrected chi connectivity index (χ1v) is 16.7. The zero-order valence-electron chi connectivity index (χ0n) is 26.1. The van der Waals surface area contributed by atoms with Crippen LogP contribution in [0.15, 0.2) is 91.0 Å². The predicted molar refractivity (Wildman–Crippen MR) is 188 cm³/mol. The zero-order valence-corrected chi connectivity index (χ0v) is 27.6. The summed E-state index contributed by atoms with van der Waals surface area (Å²) >= 11 is 12.2. The average Bonchev–Trinajstić information content (AvgIpc) is 3.53. The molecule has 0 N–H and O–H groups in total. The van der Waals surface area contributed by atoms with E-state index in [1.807, 2.05) is 12.1 Å². The number of nitro benzene ring substituents is 2. The number of anilines is 2. The summed E-state index contributed by atoms with van der Waals surface area (Å²) in [4.78, 5) is 25.8. The first-order valence-electron chi connectivity index (χ1n) is 16.0. The van der Waals surface area contributed by atoms with Crippen LogP contribution < -0.4 is 9.80 Å². The van der Waals surface area contributed by atoms with Gasteiger partial charge in [0, 0.05) is 30.9 Å². The third-order valence-electron chi connectivity index (χ3n) is 9.84. The van der Waals surface area contributed by atoms with E-state index >= 15 is 8.78 Å². The van der Waals surface area contributed by atoms with Crippen molar-refractivity contribution in [3.8, 4) is 0 Å². The second-order valence-electron chi connectivity index (χ2n) is 12.6. The van der Waals surface area contributed by atoms with E-state index in [1.165, 1.54) is 47.3 Å². The first-order chi connectivity index (χ1) is 23.6. The molecule has 0 aromatic heterocycles. The van der Waals surface area contributed by atoms with Crippen molar-refractivity contribution in [1.82, 2.24) is 0 Å². The van der Waals surface area contributed by atoms with Crippen LogP contribution in [0.1, 0.15) is 60.4 Å². The number of hydrogen-bond acceptors (Lipinski definition) is 6. The van der Waals surface area contributed by atoms with Crippen molar-refractivity contribution in [3.05, 3.63) is 150 Å². The summed E-state index contributed by atoms with van der Waals surface area (Å²) in [5, 5.41) is 25.7. The van der Waals surface area contributed by atoms with Gasteiger partial charge in [0.25, 0.3) is 11.4 Å².